The van der Waals surface area contributed by atoms with Crippen molar-refractivity contribution in [2.24, 2.45) is 0 Å². The molecule has 0 saturated carbocycles. The molecule has 0 unspecified atom stereocenters. The third kappa shape index (κ3) is 3.11. The Labute approximate surface area is 111 Å². The van der Waals surface area contributed by atoms with Crippen LogP contribution in [-0.4, -0.2) is 12.4 Å². The monoisotopic (exact) mass is 260 g/mol. The van der Waals surface area contributed by atoms with Gasteiger partial charge in [0.05, 0.1) is 0 Å². The summed E-state index contributed by atoms with van der Waals surface area (Å²) < 4.78 is 5.50. The van der Waals surface area contributed by atoms with E-state index >= 15 is 0 Å². The van der Waals surface area contributed by atoms with Gasteiger partial charge in [0, 0.05) is 10.6 Å². The van der Waals surface area contributed by atoms with E-state index in [9.17, 15) is 4.79 Å². The Bertz CT molecular complexity index is 564. The maximum atomic E-state index is 11.9. The number of carbonyl (C=O) groups is 1. The minimum absolute atomic E-state index is 0.0190. The predicted molar refractivity (Wildman–Crippen MR) is 72.5 cm³/mol. The largest absolute Gasteiger partial charge is 0.485 e. The topological polar surface area (TPSA) is 26.3 Å². The van der Waals surface area contributed by atoms with Gasteiger partial charge in [-0.1, -0.05) is 41.9 Å². The van der Waals surface area contributed by atoms with Gasteiger partial charge in [-0.2, -0.15) is 0 Å². The Hall–Kier alpha value is -1.80. The number of halogens is 1. The van der Waals surface area contributed by atoms with Crippen LogP contribution in [0.5, 0.6) is 5.75 Å². The molecule has 0 aliphatic heterocycles. The minimum Gasteiger partial charge on any atom is -0.485 e. The fourth-order valence-electron chi connectivity index (χ4n) is 1.61. The molecule has 18 heavy (non-hydrogen) atoms. The van der Waals surface area contributed by atoms with Crippen molar-refractivity contribution in [3.63, 3.8) is 0 Å². The maximum absolute atomic E-state index is 11.9. The van der Waals surface area contributed by atoms with Gasteiger partial charge in [-0.05, 0) is 30.7 Å². The van der Waals surface area contributed by atoms with Crippen LogP contribution in [0, 0.1) is 6.92 Å². The van der Waals surface area contributed by atoms with Crippen molar-refractivity contribution in [2.75, 3.05) is 6.61 Å². The van der Waals surface area contributed by atoms with E-state index in [0.29, 0.717) is 10.6 Å². The van der Waals surface area contributed by atoms with Crippen molar-refractivity contribution in [1.82, 2.24) is 0 Å². The number of rotatable bonds is 4. The van der Waals surface area contributed by atoms with Crippen LogP contribution in [0.3, 0.4) is 0 Å². The molecule has 2 rings (SSSR count). The van der Waals surface area contributed by atoms with E-state index in [-0.39, 0.29) is 12.4 Å². The van der Waals surface area contributed by atoms with Crippen LogP contribution in [0.2, 0.25) is 5.02 Å². The molecule has 0 radical (unpaired) electrons. The first-order valence-electron chi connectivity index (χ1n) is 5.64. The summed E-state index contributed by atoms with van der Waals surface area (Å²) >= 11 is 5.84. The molecule has 0 aromatic heterocycles. The van der Waals surface area contributed by atoms with Gasteiger partial charge in [-0.15, -0.1) is 0 Å². The lowest BCUT2D eigenvalue weighted by atomic mass is 10.1. The van der Waals surface area contributed by atoms with E-state index < -0.39 is 0 Å². The fraction of sp³-hybridized carbons (Fsp3) is 0.133. The number of hydrogen-bond donors (Lipinski definition) is 0. The van der Waals surface area contributed by atoms with E-state index in [1.165, 1.54) is 0 Å². The minimum atomic E-state index is -0.0826. The summed E-state index contributed by atoms with van der Waals surface area (Å²) in [6, 6.07) is 14.5. The molecule has 0 saturated heterocycles. The van der Waals surface area contributed by atoms with Gasteiger partial charge < -0.3 is 4.74 Å². The molecule has 0 spiro atoms. The Kier molecular flexibility index (Phi) is 4.00. The Morgan fingerprint density at radius 2 is 1.94 bits per heavy atom. The van der Waals surface area contributed by atoms with Crippen molar-refractivity contribution in [3.05, 3.63) is 64.7 Å². The lowest BCUT2D eigenvalue weighted by Crippen LogP contribution is -2.11. The van der Waals surface area contributed by atoms with Gasteiger partial charge in [0.15, 0.2) is 12.4 Å². The molecule has 0 amide bonds. The number of ketones is 1. The average molecular weight is 261 g/mol. The number of Topliss-reactive ketones (excluding diaryl/α,β-unsaturated/α-hetero) is 1. The maximum Gasteiger partial charge on any atom is 0.200 e. The van der Waals surface area contributed by atoms with Gasteiger partial charge in [-0.3, -0.25) is 4.79 Å². The van der Waals surface area contributed by atoms with Crippen molar-refractivity contribution >= 4 is 17.4 Å². The zero-order valence-electron chi connectivity index (χ0n) is 10.0. The fourth-order valence-corrected chi connectivity index (χ4v) is 1.80. The van der Waals surface area contributed by atoms with Crippen molar-refractivity contribution < 1.29 is 9.53 Å². The summed E-state index contributed by atoms with van der Waals surface area (Å²) in [6.45, 7) is 1.96. The predicted octanol–water partition coefficient (Wildman–Crippen LogP) is 3.91. The molecule has 2 aromatic rings. The molecule has 0 aliphatic carbocycles. The number of aryl methyl sites for hydroxylation is 1. The third-order valence-electron chi connectivity index (χ3n) is 2.60. The Balaban J connectivity index is 2.03. The molecule has 0 heterocycles. The highest BCUT2D eigenvalue weighted by atomic mass is 35.5. The zero-order valence-corrected chi connectivity index (χ0v) is 10.8. The second-order valence-corrected chi connectivity index (χ2v) is 4.42. The Morgan fingerprint density at radius 1 is 1.17 bits per heavy atom. The SMILES string of the molecule is Cc1ccccc1OCC(=O)c1cccc(Cl)c1. The highest BCUT2D eigenvalue weighted by Gasteiger charge is 2.08. The smallest absolute Gasteiger partial charge is 0.200 e. The van der Waals surface area contributed by atoms with Crippen LogP contribution >= 0.6 is 11.6 Å². The zero-order chi connectivity index (χ0) is 13.0. The van der Waals surface area contributed by atoms with Crippen LogP contribution in [-0.2, 0) is 0 Å². The van der Waals surface area contributed by atoms with E-state index in [1.807, 2.05) is 31.2 Å². The molecular weight excluding hydrogens is 248 g/mol. The van der Waals surface area contributed by atoms with Crippen LogP contribution in [0.15, 0.2) is 48.5 Å². The van der Waals surface area contributed by atoms with Gasteiger partial charge in [0.1, 0.15) is 5.75 Å². The second kappa shape index (κ2) is 5.69. The standard InChI is InChI=1S/C15H13ClO2/c1-11-5-2-3-8-15(11)18-10-14(17)12-6-4-7-13(16)9-12/h2-9H,10H2,1H3. The molecule has 0 N–H and O–H groups in total. The normalized spacial score (nSPS) is 10.1. The molecule has 2 aromatic carbocycles. The molecule has 92 valence electrons. The van der Waals surface area contributed by atoms with E-state index in [1.54, 1.807) is 24.3 Å². The molecule has 0 bridgehead atoms. The Morgan fingerprint density at radius 3 is 2.67 bits per heavy atom. The first kappa shape index (κ1) is 12.7. The van der Waals surface area contributed by atoms with E-state index in [4.69, 9.17) is 16.3 Å². The molecule has 3 heteroatoms. The summed E-state index contributed by atoms with van der Waals surface area (Å²) in [5, 5.41) is 0.553. The first-order chi connectivity index (χ1) is 8.66. The van der Waals surface area contributed by atoms with Gasteiger partial charge >= 0.3 is 0 Å². The number of benzene rings is 2. The average Bonchev–Trinajstić information content (AvgIpc) is 2.37. The quantitative estimate of drug-likeness (QED) is 0.779. The van der Waals surface area contributed by atoms with Crippen LogP contribution in [0.25, 0.3) is 0 Å². The van der Waals surface area contributed by atoms with Crippen molar-refractivity contribution in [3.8, 4) is 5.75 Å². The molecular formula is C15H13ClO2. The molecule has 0 aliphatic rings. The highest BCUT2D eigenvalue weighted by molar-refractivity contribution is 6.31. The molecule has 0 fully saturated rings. The molecule has 2 nitrogen and oxygen atoms in total. The van der Waals surface area contributed by atoms with Gasteiger partial charge in [0.2, 0.25) is 0 Å². The van der Waals surface area contributed by atoms with Crippen LogP contribution < -0.4 is 4.74 Å². The summed E-state index contributed by atoms with van der Waals surface area (Å²) in [5.41, 5.74) is 1.58. The summed E-state index contributed by atoms with van der Waals surface area (Å²) in [5.74, 6) is 0.647. The second-order valence-electron chi connectivity index (χ2n) is 3.99. The third-order valence-corrected chi connectivity index (χ3v) is 2.83. The summed E-state index contributed by atoms with van der Waals surface area (Å²) in [4.78, 5) is 11.9. The van der Waals surface area contributed by atoms with Crippen LogP contribution in [0.1, 0.15) is 15.9 Å². The lowest BCUT2D eigenvalue weighted by molar-refractivity contribution is 0.0921. The van der Waals surface area contributed by atoms with Crippen molar-refractivity contribution in [1.29, 1.82) is 0 Å². The van der Waals surface area contributed by atoms with Gasteiger partial charge in [0.25, 0.3) is 0 Å². The van der Waals surface area contributed by atoms with Crippen LogP contribution in [0.4, 0.5) is 0 Å². The number of carbonyl (C=O) groups excluding carboxylic acids is 1. The van der Waals surface area contributed by atoms with E-state index in [0.717, 1.165) is 11.3 Å². The first-order valence-corrected chi connectivity index (χ1v) is 6.02. The summed E-state index contributed by atoms with van der Waals surface area (Å²) in [7, 11) is 0. The number of para-hydroxylation sites is 1. The lowest BCUT2D eigenvalue weighted by Gasteiger charge is -2.08. The van der Waals surface area contributed by atoms with E-state index in [2.05, 4.69) is 0 Å². The van der Waals surface area contributed by atoms with Gasteiger partial charge in [-0.25, -0.2) is 0 Å². The summed E-state index contributed by atoms with van der Waals surface area (Å²) in [6.07, 6.45) is 0. The molecule has 0 atom stereocenters. The van der Waals surface area contributed by atoms with Crippen molar-refractivity contribution in [2.45, 2.75) is 6.92 Å². The number of hydrogen-bond acceptors (Lipinski definition) is 2. The highest BCUT2D eigenvalue weighted by Crippen LogP contribution is 2.17. The number of ether oxygens (including phenoxy) is 1.